The third-order valence-corrected chi connectivity index (χ3v) is 4.97. The van der Waals surface area contributed by atoms with Gasteiger partial charge in [0.15, 0.2) is 0 Å². The first-order chi connectivity index (χ1) is 12.9. The maximum atomic E-state index is 4.30. The third kappa shape index (κ3) is 8.78. The highest BCUT2D eigenvalue weighted by molar-refractivity contribution is 8.02. The SMILES string of the molecule is C=C(C)CN(/C=C(/C/C(C=NC)=C/C)C(=C)C)C(=C)SCc1ccccc1. The van der Waals surface area contributed by atoms with Crippen LogP contribution >= 0.6 is 11.8 Å². The van der Waals surface area contributed by atoms with Crippen molar-refractivity contribution in [3.63, 3.8) is 0 Å². The highest BCUT2D eigenvalue weighted by Gasteiger charge is 2.10. The average Bonchev–Trinajstić information content (AvgIpc) is 2.64. The smallest absolute Gasteiger partial charge is 0.0680 e. The summed E-state index contributed by atoms with van der Waals surface area (Å²) in [6.07, 6.45) is 6.95. The molecule has 0 aliphatic heterocycles. The summed E-state index contributed by atoms with van der Waals surface area (Å²) in [5, 5.41) is 1.01. The van der Waals surface area contributed by atoms with E-state index in [1.165, 1.54) is 16.7 Å². The molecule has 0 spiro atoms. The third-order valence-electron chi connectivity index (χ3n) is 3.93. The van der Waals surface area contributed by atoms with Gasteiger partial charge in [-0.1, -0.05) is 67.3 Å². The first-order valence-corrected chi connectivity index (χ1v) is 10.1. The Morgan fingerprint density at radius 3 is 2.33 bits per heavy atom. The Kier molecular flexibility index (Phi) is 10.3. The van der Waals surface area contributed by atoms with E-state index >= 15 is 0 Å². The molecule has 0 saturated heterocycles. The molecule has 1 aromatic rings. The van der Waals surface area contributed by atoms with E-state index in [1.54, 1.807) is 18.8 Å². The van der Waals surface area contributed by atoms with Crippen LogP contribution in [0.15, 0.2) is 94.7 Å². The maximum absolute atomic E-state index is 4.30. The van der Waals surface area contributed by atoms with Gasteiger partial charge in [-0.15, -0.1) is 11.8 Å². The van der Waals surface area contributed by atoms with Crippen molar-refractivity contribution in [2.45, 2.75) is 32.9 Å². The van der Waals surface area contributed by atoms with Crippen LogP contribution in [0.3, 0.4) is 0 Å². The first-order valence-electron chi connectivity index (χ1n) is 9.08. The zero-order valence-corrected chi connectivity index (χ0v) is 18.0. The van der Waals surface area contributed by atoms with Gasteiger partial charge in [0.2, 0.25) is 0 Å². The molecule has 0 bridgehead atoms. The fraction of sp³-hybridized carbons (Fsp3) is 0.292. The van der Waals surface area contributed by atoms with Crippen molar-refractivity contribution >= 4 is 18.0 Å². The van der Waals surface area contributed by atoms with Crippen molar-refractivity contribution in [3.8, 4) is 0 Å². The highest BCUT2D eigenvalue weighted by Crippen LogP contribution is 2.27. The van der Waals surface area contributed by atoms with E-state index < -0.39 is 0 Å². The van der Waals surface area contributed by atoms with Crippen LogP contribution in [0.1, 0.15) is 32.8 Å². The lowest BCUT2D eigenvalue weighted by Crippen LogP contribution is -2.18. The molecule has 0 aliphatic carbocycles. The molecule has 0 N–H and O–H groups in total. The van der Waals surface area contributed by atoms with Crippen molar-refractivity contribution in [2.24, 2.45) is 4.99 Å². The van der Waals surface area contributed by atoms with Gasteiger partial charge in [-0.25, -0.2) is 0 Å². The molecule has 0 heterocycles. The number of benzene rings is 1. The van der Waals surface area contributed by atoms with Gasteiger partial charge in [-0.2, -0.15) is 0 Å². The van der Waals surface area contributed by atoms with Gasteiger partial charge in [0.1, 0.15) is 0 Å². The number of nitrogens with zero attached hydrogens (tertiary/aromatic N) is 2. The minimum atomic E-state index is 0.741. The number of hydrogen-bond acceptors (Lipinski definition) is 3. The topological polar surface area (TPSA) is 15.6 Å². The van der Waals surface area contributed by atoms with Crippen LogP contribution in [0.2, 0.25) is 0 Å². The van der Waals surface area contributed by atoms with E-state index in [0.29, 0.717) is 0 Å². The van der Waals surface area contributed by atoms with E-state index in [2.05, 4.69) is 66.2 Å². The van der Waals surface area contributed by atoms with Gasteiger partial charge < -0.3 is 4.90 Å². The Morgan fingerprint density at radius 2 is 1.81 bits per heavy atom. The van der Waals surface area contributed by atoms with Crippen molar-refractivity contribution < 1.29 is 0 Å². The number of thioether (sulfide) groups is 1. The van der Waals surface area contributed by atoms with Gasteiger partial charge in [-0.05, 0) is 37.5 Å². The molecule has 3 heteroatoms. The predicted octanol–water partition coefficient (Wildman–Crippen LogP) is 6.77. The Hall–Kier alpha value is -2.26. The lowest BCUT2D eigenvalue weighted by atomic mass is 10.0. The molecule has 0 aromatic heterocycles. The van der Waals surface area contributed by atoms with Gasteiger partial charge in [0.25, 0.3) is 0 Å². The van der Waals surface area contributed by atoms with E-state index in [-0.39, 0.29) is 0 Å². The monoisotopic (exact) mass is 380 g/mol. The molecule has 144 valence electrons. The lowest BCUT2D eigenvalue weighted by Gasteiger charge is -2.24. The van der Waals surface area contributed by atoms with Crippen LogP contribution in [0.4, 0.5) is 0 Å². The number of allylic oxidation sites excluding steroid dienone is 4. The zero-order chi connectivity index (χ0) is 20.2. The summed E-state index contributed by atoms with van der Waals surface area (Å²) in [5.74, 6) is 0.894. The molecule has 0 atom stereocenters. The minimum Gasteiger partial charge on any atom is -0.339 e. The molecule has 0 aliphatic rings. The quantitative estimate of drug-likeness (QED) is 0.239. The number of aliphatic imine (C=N–C) groups is 1. The van der Waals surface area contributed by atoms with E-state index in [1.807, 2.05) is 33.1 Å². The molecule has 2 nitrogen and oxygen atoms in total. The summed E-state index contributed by atoms with van der Waals surface area (Å²) in [7, 11) is 1.79. The molecule has 27 heavy (non-hydrogen) atoms. The minimum absolute atomic E-state index is 0.741. The normalized spacial score (nSPS) is 12.3. The van der Waals surface area contributed by atoms with Crippen LogP contribution in [0.25, 0.3) is 0 Å². The molecular formula is C24H32N2S. The summed E-state index contributed by atoms with van der Waals surface area (Å²) in [5.41, 5.74) is 5.77. The Labute approximate surface area is 169 Å². The summed E-state index contributed by atoms with van der Waals surface area (Å²) in [6, 6.07) is 10.5. The van der Waals surface area contributed by atoms with Gasteiger partial charge in [0.05, 0.1) is 5.03 Å². The molecule has 0 fully saturated rings. The number of hydrogen-bond donors (Lipinski definition) is 0. The summed E-state index contributed by atoms with van der Waals surface area (Å²) in [4.78, 5) is 6.32. The molecule has 1 rings (SSSR count). The summed E-state index contributed by atoms with van der Waals surface area (Å²) < 4.78 is 0. The zero-order valence-electron chi connectivity index (χ0n) is 17.2. The number of rotatable bonds is 11. The highest BCUT2D eigenvalue weighted by atomic mass is 32.2. The Morgan fingerprint density at radius 1 is 1.15 bits per heavy atom. The standard InChI is InChI=1S/C24H32N2S/c1-8-22(15-25-7)14-24(20(4)5)17-26(16-19(2)3)21(6)27-18-23-12-10-9-11-13-23/h8-13,15,17H,2,4,6,14,16,18H2,1,3,5,7H3/b22-8-,24-17-,25-15?. The fourth-order valence-corrected chi connectivity index (χ4v) is 3.23. The molecule has 0 amide bonds. The van der Waals surface area contributed by atoms with Gasteiger partial charge in [0, 0.05) is 38.2 Å². The lowest BCUT2D eigenvalue weighted by molar-refractivity contribution is 0.535. The van der Waals surface area contributed by atoms with Crippen LogP contribution in [-0.2, 0) is 5.75 Å². The van der Waals surface area contributed by atoms with Crippen LogP contribution in [0.5, 0.6) is 0 Å². The molecule has 0 radical (unpaired) electrons. The maximum Gasteiger partial charge on any atom is 0.0680 e. The van der Waals surface area contributed by atoms with Crippen LogP contribution in [0, 0.1) is 0 Å². The van der Waals surface area contributed by atoms with E-state index in [9.17, 15) is 0 Å². The predicted molar refractivity (Wildman–Crippen MR) is 124 cm³/mol. The van der Waals surface area contributed by atoms with Crippen LogP contribution in [-0.4, -0.2) is 24.7 Å². The van der Waals surface area contributed by atoms with E-state index in [4.69, 9.17) is 0 Å². The van der Waals surface area contributed by atoms with Gasteiger partial charge >= 0.3 is 0 Å². The fourth-order valence-electron chi connectivity index (χ4n) is 2.42. The second-order valence-corrected chi connectivity index (χ2v) is 7.66. The molecule has 1 aromatic carbocycles. The largest absolute Gasteiger partial charge is 0.339 e. The van der Waals surface area contributed by atoms with Crippen LogP contribution < -0.4 is 0 Å². The van der Waals surface area contributed by atoms with Crippen molar-refractivity contribution in [3.05, 3.63) is 95.2 Å². The van der Waals surface area contributed by atoms with Crippen molar-refractivity contribution in [1.82, 2.24) is 4.90 Å². The second-order valence-electron chi connectivity index (χ2n) is 6.62. The Bertz CT molecular complexity index is 739. The van der Waals surface area contributed by atoms with Crippen molar-refractivity contribution in [2.75, 3.05) is 13.6 Å². The summed E-state index contributed by atoms with van der Waals surface area (Å²) >= 11 is 1.74. The average molecular weight is 381 g/mol. The molecular weight excluding hydrogens is 348 g/mol. The molecule has 0 saturated carbocycles. The van der Waals surface area contributed by atoms with Crippen molar-refractivity contribution in [1.29, 1.82) is 0 Å². The summed E-state index contributed by atoms with van der Waals surface area (Å²) in [6.45, 7) is 19.4. The second kappa shape index (κ2) is 12.2. The van der Waals surface area contributed by atoms with Gasteiger partial charge in [-0.3, -0.25) is 4.99 Å². The Balaban J connectivity index is 3.00. The van der Waals surface area contributed by atoms with E-state index in [0.717, 1.165) is 34.9 Å². The first kappa shape index (κ1) is 22.8. The molecule has 0 unspecified atom stereocenters.